The zero-order valence-corrected chi connectivity index (χ0v) is 11.2. The smallest absolute Gasteiger partial charge is 0.336 e. The summed E-state index contributed by atoms with van der Waals surface area (Å²) in [7, 11) is 0. The van der Waals surface area contributed by atoms with E-state index in [4.69, 9.17) is 5.11 Å². The molecule has 1 unspecified atom stereocenters. The molecule has 0 aliphatic carbocycles. The molecular weight excluding hydrogens is 277 g/mol. The molecule has 21 heavy (non-hydrogen) atoms. The van der Waals surface area contributed by atoms with Gasteiger partial charge in [-0.2, -0.15) is 0 Å². The van der Waals surface area contributed by atoms with Crippen LogP contribution >= 0.6 is 0 Å². The lowest BCUT2D eigenvalue weighted by Gasteiger charge is -2.30. The standard InChI is InChI=1S/C14H14FN3O3/c15-11-10-8(17-12(13(11)19)14(20)21)2-1-3-9(10)18-6-4-16-5-7-18/h1-3,12,16H,4-7H2,(H,20,21). The lowest BCUT2D eigenvalue weighted by atomic mass is 10.0. The van der Waals surface area contributed by atoms with Crippen molar-refractivity contribution in [2.24, 2.45) is 4.99 Å². The van der Waals surface area contributed by atoms with Gasteiger partial charge in [0, 0.05) is 31.9 Å². The topological polar surface area (TPSA) is 82.0 Å². The molecule has 0 radical (unpaired) electrons. The fourth-order valence-electron chi connectivity index (χ4n) is 2.64. The first-order chi connectivity index (χ1) is 10.1. The van der Waals surface area contributed by atoms with Crippen molar-refractivity contribution in [3.8, 4) is 0 Å². The molecule has 0 amide bonds. The van der Waals surface area contributed by atoms with Crippen LogP contribution in [-0.4, -0.2) is 49.1 Å². The number of rotatable bonds is 2. The number of carbonyl (C=O) groups is 2. The van der Waals surface area contributed by atoms with Crippen LogP contribution < -0.4 is 20.8 Å². The Hall–Kier alpha value is -2.28. The zero-order valence-electron chi connectivity index (χ0n) is 11.2. The van der Waals surface area contributed by atoms with Crippen molar-refractivity contribution in [1.82, 2.24) is 5.32 Å². The molecule has 1 aromatic carbocycles. The average Bonchev–Trinajstić information content (AvgIpc) is 2.50. The first-order valence-electron chi connectivity index (χ1n) is 6.69. The number of piperazine rings is 1. The lowest BCUT2D eigenvalue weighted by molar-refractivity contribution is -0.141. The van der Waals surface area contributed by atoms with Crippen molar-refractivity contribution >= 4 is 23.3 Å². The number of Topliss-reactive ketones (excluding diaryl/α,β-unsaturated/α-hetero) is 1. The molecule has 2 N–H and O–H groups in total. The molecule has 6 nitrogen and oxygen atoms in total. The summed E-state index contributed by atoms with van der Waals surface area (Å²) >= 11 is 0. The average molecular weight is 291 g/mol. The van der Waals surface area contributed by atoms with E-state index in [0.29, 0.717) is 18.8 Å². The highest BCUT2D eigenvalue weighted by Crippen LogP contribution is 2.14. The molecule has 2 aliphatic heterocycles. The summed E-state index contributed by atoms with van der Waals surface area (Å²) in [6.45, 7) is 2.93. The molecule has 0 saturated carbocycles. The van der Waals surface area contributed by atoms with Crippen LogP contribution in [0.2, 0.25) is 0 Å². The normalized spacial score (nSPS) is 21.8. The summed E-state index contributed by atoms with van der Waals surface area (Å²) in [6.07, 6.45) is 0. The maximum absolute atomic E-state index is 14.4. The van der Waals surface area contributed by atoms with Gasteiger partial charge in [0.15, 0.2) is 5.83 Å². The number of nitrogens with zero attached hydrogens (tertiary/aromatic N) is 2. The molecular formula is C14H14FN3O3. The highest BCUT2D eigenvalue weighted by atomic mass is 19.1. The molecule has 110 valence electrons. The highest BCUT2D eigenvalue weighted by Gasteiger charge is 2.33. The number of nitrogens with one attached hydrogen (secondary N) is 1. The van der Waals surface area contributed by atoms with Gasteiger partial charge in [0.05, 0.1) is 10.6 Å². The minimum absolute atomic E-state index is 0.113. The van der Waals surface area contributed by atoms with Crippen molar-refractivity contribution in [3.63, 3.8) is 0 Å². The van der Waals surface area contributed by atoms with Crippen LogP contribution in [0.15, 0.2) is 23.2 Å². The predicted molar refractivity (Wildman–Crippen MR) is 73.3 cm³/mol. The van der Waals surface area contributed by atoms with E-state index in [9.17, 15) is 14.0 Å². The molecule has 3 rings (SSSR count). The Labute approximate surface area is 119 Å². The number of ketones is 1. The van der Waals surface area contributed by atoms with E-state index in [1.807, 2.05) is 4.90 Å². The summed E-state index contributed by atoms with van der Waals surface area (Å²) in [6, 6.07) is 3.27. The van der Waals surface area contributed by atoms with Crippen LogP contribution in [-0.2, 0) is 9.59 Å². The quantitative estimate of drug-likeness (QED) is 0.671. The first-order valence-corrected chi connectivity index (χ1v) is 6.69. The first kappa shape index (κ1) is 13.7. The largest absolute Gasteiger partial charge is 0.479 e. The number of halogens is 1. The molecule has 2 aliphatic rings. The van der Waals surface area contributed by atoms with Crippen LogP contribution in [0.3, 0.4) is 0 Å². The number of carboxylic acid groups (broad SMARTS) is 1. The summed E-state index contributed by atoms with van der Waals surface area (Å²) in [5, 5.41) is 12.5. The molecule has 0 bridgehead atoms. The number of hydrogen-bond acceptors (Lipinski definition) is 5. The Bertz CT molecular complexity index is 725. The minimum atomic E-state index is -1.68. The lowest BCUT2D eigenvalue weighted by Crippen LogP contribution is -2.49. The van der Waals surface area contributed by atoms with Crippen molar-refractivity contribution < 1.29 is 19.1 Å². The summed E-state index contributed by atoms with van der Waals surface area (Å²) in [4.78, 5) is 28.7. The number of aliphatic carboxylic acids is 1. The molecule has 0 spiro atoms. The molecule has 0 aromatic heterocycles. The summed E-state index contributed by atoms with van der Waals surface area (Å²) < 4.78 is 14.4. The van der Waals surface area contributed by atoms with E-state index in [1.54, 1.807) is 12.1 Å². The van der Waals surface area contributed by atoms with Gasteiger partial charge in [-0.25, -0.2) is 9.18 Å². The minimum Gasteiger partial charge on any atom is -0.479 e. The van der Waals surface area contributed by atoms with Crippen LogP contribution in [0.25, 0.3) is 5.83 Å². The molecule has 1 aromatic rings. The van der Waals surface area contributed by atoms with Gasteiger partial charge >= 0.3 is 5.97 Å². The van der Waals surface area contributed by atoms with Crippen LogP contribution in [0.5, 0.6) is 0 Å². The second kappa shape index (κ2) is 5.25. The highest BCUT2D eigenvalue weighted by molar-refractivity contribution is 6.23. The van der Waals surface area contributed by atoms with Gasteiger partial charge in [0.25, 0.3) is 0 Å². The summed E-state index contributed by atoms with van der Waals surface area (Å²) in [5.74, 6) is -3.53. The SMILES string of the molecule is O=C(O)C1N=c2cccc(N3CCNCC3)c2=C(F)C1=O. The van der Waals surface area contributed by atoms with Gasteiger partial charge in [-0.05, 0) is 12.1 Å². The Balaban J connectivity index is 2.20. The second-order valence-electron chi connectivity index (χ2n) is 4.96. The number of carboxylic acids is 1. The molecule has 1 saturated heterocycles. The van der Waals surface area contributed by atoms with Gasteiger partial charge in [0.2, 0.25) is 11.8 Å². The van der Waals surface area contributed by atoms with E-state index in [1.165, 1.54) is 6.07 Å². The molecule has 1 fully saturated rings. The van der Waals surface area contributed by atoms with E-state index in [-0.39, 0.29) is 10.6 Å². The molecule has 1 atom stereocenters. The van der Waals surface area contributed by atoms with Gasteiger partial charge in [-0.15, -0.1) is 0 Å². The van der Waals surface area contributed by atoms with Crippen LogP contribution in [0, 0.1) is 0 Å². The Morgan fingerprint density at radius 3 is 2.76 bits per heavy atom. The van der Waals surface area contributed by atoms with Crippen molar-refractivity contribution in [2.45, 2.75) is 6.04 Å². The second-order valence-corrected chi connectivity index (χ2v) is 4.96. The Kier molecular flexibility index (Phi) is 3.42. The van der Waals surface area contributed by atoms with Gasteiger partial charge < -0.3 is 15.3 Å². The summed E-state index contributed by atoms with van der Waals surface area (Å²) in [5.41, 5.74) is 0.590. The maximum Gasteiger partial charge on any atom is 0.336 e. The van der Waals surface area contributed by atoms with Gasteiger partial charge in [-0.3, -0.25) is 9.79 Å². The fourth-order valence-corrected chi connectivity index (χ4v) is 2.64. The van der Waals surface area contributed by atoms with Crippen LogP contribution in [0.4, 0.5) is 10.1 Å². The maximum atomic E-state index is 14.4. The number of carbonyl (C=O) groups excluding carboxylic acids is 1. The van der Waals surface area contributed by atoms with Crippen molar-refractivity contribution in [3.05, 3.63) is 28.8 Å². The predicted octanol–water partition coefficient (Wildman–Crippen LogP) is -1.17. The zero-order chi connectivity index (χ0) is 15.0. The molecule has 2 heterocycles. The van der Waals surface area contributed by atoms with Crippen LogP contribution in [0.1, 0.15) is 0 Å². The van der Waals surface area contributed by atoms with E-state index in [2.05, 4.69) is 10.3 Å². The van der Waals surface area contributed by atoms with E-state index >= 15 is 0 Å². The third-order valence-electron chi connectivity index (χ3n) is 3.66. The molecule has 7 heteroatoms. The van der Waals surface area contributed by atoms with Gasteiger partial charge in [-0.1, -0.05) is 6.07 Å². The number of fused-ring (bicyclic) bond motifs is 1. The van der Waals surface area contributed by atoms with E-state index < -0.39 is 23.6 Å². The number of hydrogen-bond donors (Lipinski definition) is 2. The monoisotopic (exact) mass is 291 g/mol. The van der Waals surface area contributed by atoms with Gasteiger partial charge in [0.1, 0.15) is 0 Å². The Morgan fingerprint density at radius 1 is 1.38 bits per heavy atom. The number of benzene rings is 1. The number of anilines is 1. The fraction of sp³-hybridized carbons (Fsp3) is 0.357. The third-order valence-corrected chi connectivity index (χ3v) is 3.66. The third kappa shape index (κ3) is 2.29. The van der Waals surface area contributed by atoms with Crippen molar-refractivity contribution in [2.75, 3.05) is 31.1 Å². The van der Waals surface area contributed by atoms with E-state index in [0.717, 1.165) is 13.1 Å². The Morgan fingerprint density at radius 2 is 2.10 bits per heavy atom. The van der Waals surface area contributed by atoms with Crippen molar-refractivity contribution in [1.29, 1.82) is 0 Å².